The smallest absolute Gasteiger partial charge is 0.314 e. The number of benzene rings is 1. The third-order valence-corrected chi connectivity index (χ3v) is 2.85. The van der Waals surface area contributed by atoms with Crippen molar-refractivity contribution in [2.45, 2.75) is 19.9 Å². The van der Waals surface area contributed by atoms with E-state index < -0.39 is 0 Å². The molecule has 0 aliphatic carbocycles. The molecule has 1 heterocycles. The van der Waals surface area contributed by atoms with Crippen molar-refractivity contribution in [3.63, 3.8) is 0 Å². The van der Waals surface area contributed by atoms with Crippen LogP contribution in [0.5, 0.6) is 0 Å². The minimum atomic E-state index is -0.0895. The van der Waals surface area contributed by atoms with Crippen molar-refractivity contribution in [1.29, 1.82) is 0 Å². The fourth-order valence-corrected chi connectivity index (χ4v) is 1.93. The standard InChI is InChI=1S/C14H19N3O/c1-2-8-15-14(18)16-9-11-17-10-7-12-5-3-4-6-13(12)17/h3-7,10H,2,8-9,11H2,1H3,(H2,15,16,18). The lowest BCUT2D eigenvalue weighted by Crippen LogP contribution is -2.37. The maximum atomic E-state index is 11.4. The Morgan fingerprint density at radius 1 is 1.17 bits per heavy atom. The van der Waals surface area contributed by atoms with Gasteiger partial charge in [-0.1, -0.05) is 25.1 Å². The first-order valence-electron chi connectivity index (χ1n) is 6.37. The highest BCUT2D eigenvalue weighted by molar-refractivity contribution is 5.80. The minimum absolute atomic E-state index is 0.0895. The van der Waals surface area contributed by atoms with Crippen LogP contribution in [0.3, 0.4) is 0 Å². The van der Waals surface area contributed by atoms with Crippen molar-refractivity contribution >= 4 is 16.9 Å². The van der Waals surface area contributed by atoms with E-state index in [0.717, 1.165) is 19.5 Å². The minimum Gasteiger partial charge on any atom is -0.346 e. The van der Waals surface area contributed by atoms with Gasteiger partial charge in [0.25, 0.3) is 0 Å². The molecule has 1 aromatic heterocycles. The number of aromatic nitrogens is 1. The number of amides is 2. The van der Waals surface area contributed by atoms with Gasteiger partial charge in [0.1, 0.15) is 0 Å². The molecule has 2 rings (SSSR count). The van der Waals surface area contributed by atoms with Crippen LogP contribution in [-0.2, 0) is 6.54 Å². The van der Waals surface area contributed by atoms with Gasteiger partial charge in [0.15, 0.2) is 0 Å². The normalized spacial score (nSPS) is 10.5. The van der Waals surface area contributed by atoms with Gasteiger partial charge in [-0.25, -0.2) is 4.79 Å². The molecule has 2 N–H and O–H groups in total. The van der Waals surface area contributed by atoms with E-state index in [0.29, 0.717) is 6.54 Å². The summed E-state index contributed by atoms with van der Waals surface area (Å²) in [6.45, 7) is 4.17. The van der Waals surface area contributed by atoms with Crippen LogP contribution in [0.2, 0.25) is 0 Å². The van der Waals surface area contributed by atoms with Crippen LogP contribution in [0, 0.1) is 0 Å². The molecule has 0 bridgehead atoms. The van der Waals surface area contributed by atoms with Crippen molar-refractivity contribution in [2.24, 2.45) is 0 Å². The largest absolute Gasteiger partial charge is 0.346 e. The first-order valence-corrected chi connectivity index (χ1v) is 6.37. The topological polar surface area (TPSA) is 46.1 Å². The molecular formula is C14H19N3O. The fourth-order valence-electron chi connectivity index (χ4n) is 1.93. The molecule has 4 heteroatoms. The molecular weight excluding hydrogens is 226 g/mol. The zero-order valence-electron chi connectivity index (χ0n) is 10.6. The van der Waals surface area contributed by atoms with Gasteiger partial charge in [-0.15, -0.1) is 0 Å². The lowest BCUT2D eigenvalue weighted by atomic mass is 10.2. The summed E-state index contributed by atoms with van der Waals surface area (Å²) in [7, 11) is 0. The first-order chi connectivity index (χ1) is 8.81. The molecule has 0 spiro atoms. The Morgan fingerprint density at radius 2 is 1.94 bits per heavy atom. The number of nitrogens with one attached hydrogen (secondary N) is 2. The second kappa shape index (κ2) is 6.10. The van der Waals surface area contributed by atoms with Crippen LogP contribution in [0.1, 0.15) is 13.3 Å². The molecule has 18 heavy (non-hydrogen) atoms. The Bertz CT molecular complexity index is 518. The van der Waals surface area contributed by atoms with Gasteiger partial charge in [0.2, 0.25) is 0 Å². The molecule has 2 aromatic rings. The Morgan fingerprint density at radius 3 is 2.78 bits per heavy atom. The van der Waals surface area contributed by atoms with Gasteiger partial charge < -0.3 is 15.2 Å². The summed E-state index contributed by atoms with van der Waals surface area (Å²) < 4.78 is 2.15. The van der Waals surface area contributed by atoms with Crippen LogP contribution in [-0.4, -0.2) is 23.7 Å². The van der Waals surface area contributed by atoms with Gasteiger partial charge in [-0.05, 0) is 23.9 Å². The van der Waals surface area contributed by atoms with Crippen molar-refractivity contribution in [3.8, 4) is 0 Å². The number of carbonyl (C=O) groups is 1. The number of fused-ring (bicyclic) bond motifs is 1. The van der Waals surface area contributed by atoms with E-state index in [1.807, 2.05) is 19.1 Å². The Kier molecular flexibility index (Phi) is 4.23. The molecule has 0 radical (unpaired) electrons. The predicted octanol–water partition coefficient (Wildman–Crippen LogP) is 2.35. The van der Waals surface area contributed by atoms with E-state index in [1.165, 1.54) is 10.9 Å². The molecule has 0 aliphatic heterocycles. The van der Waals surface area contributed by atoms with E-state index in [2.05, 4.69) is 39.6 Å². The molecule has 0 saturated carbocycles. The molecule has 4 nitrogen and oxygen atoms in total. The third-order valence-electron chi connectivity index (χ3n) is 2.85. The highest BCUT2D eigenvalue weighted by Gasteiger charge is 2.01. The highest BCUT2D eigenvalue weighted by Crippen LogP contribution is 2.14. The molecule has 0 aliphatic rings. The van der Waals surface area contributed by atoms with E-state index in [-0.39, 0.29) is 6.03 Å². The average molecular weight is 245 g/mol. The molecule has 96 valence electrons. The van der Waals surface area contributed by atoms with E-state index in [4.69, 9.17) is 0 Å². The first kappa shape index (κ1) is 12.5. The predicted molar refractivity (Wildman–Crippen MR) is 73.6 cm³/mol. The lowest BCUT2D eigenvalue weighted by molar-refractivity contribution is 0.240. The van der Waals surface area contributed by atoms with Gasteiger partial charge in [-0.3, -0.25) is 0 Å². The number of nitrogens with zero attached hydrogens (tertiary/aromatic N) is 1. The van der Waals surface area contributed by atoms with Gasteiger partial charge in [0.05, 0.1) is 0 Å². The van der Waals surface area contributed by atoms with Crippen molar-refractivity contribution in [1.82, 2.24) is 15.2 Å². The molecule has 2 amide bonds. The second-order valence-electron chi connectivity index (χ2n) is 4.25. The summed E-state index contributed by atoms with van der Waals surface area (Å²) in [5.41, 5.74) is 1.20. The summed E-state index contributed by atoms with van der Waals surface area (Å²) >= 11 is 0. The van der Waals surface area contributed by atoms with Gasteiger partial charge in [-0.2, -0.15) is 0 Å². The number of rotatable bonds is 5. The third kappa shape index (κ3) is 3.03. The van der Waals surface area contributed by atoms with Crippen molar-refractivity contribution < 1.29 is 4.79 Å². The Labute approximate surface area is 107 Å². The number of hydrogen-bond acceptors (Lipinski definition) is 1. The lowest BCUT2D eigenvalue weighted by Gasteiger charge is -2.08. The van der Waals surface area contributed by atoms with Crippen LogP contribution < -0.4 is 10.6 Å². The van der Waals surface area contributed by atoms with E-state index in [9.17, 15) is 4.79 Å². The fraction of sp³-hybridized carbons (Fsp3) is 0.357. The quantitative estimate of drug-likeness (QED) is 0.834. The Hall–Kier alpha value is -1.97. The van der Waals surface area contributed by atoms with Crippen molar-refractivity contribution in [2.75, 3.05) is 13.1 Å². The number of carbonyl (C=O) groups excluding carboxylic acids is 1. The maximum absolute atomic E-state index is 11.4. The van der Waals surface area contributed by atoms with Crippen molar-refractivity contribution in [3.05, 3.63) is 36.5 Å². The summed E-state index contributed by atoms with van der Waals surface area (Å²) in [5.74, 6) is 0. The number of hydrogen-bond donors (Lipinski definition) is 2. The van der Waals surface area contributed by atoms with Gasteiger partial charge in [0, 0.05) is 31.3 Å². The van der Waals surface area contributed by atoms with Crippen LogP contribution in [0.4, 0.5) is 4.79 Å². The summed E-state index contributed by atoms with van der Waals surface area (Å²) in [6, 6.07) is 10.2. The zero-order chi connectivity index (χ0) is 12.8. The van der Waals surface area contributed by atoms with Crippen LogP contribution in [0.25, 0.3) is 10.9 Å². The molecule has 0 fully saturated rings. The maximum Gasteiger partial charge on any atom is 0.314 e. The van der Waals surface area contributed by atoms with E-state index in [1.54, 1.807) is 0 Å². The average Bonchev–Trinajstić information content (AvgIpc) is 2.80. The highest BCUT2D eigenvalue weighted by atomic mass is 16.2. The Balaban J connectivity index is 1.85. The van der Waals surface area contributed by atoms with Crippen LogP contribution in [0.15, 0.2) is 36.5 Å². The monoisotopic (exact) mass is 245 g/mol. The SMILES string of the molecule is CCCNC(=O)NCCn1ccc2ccccc21. The molecule has 0 unspecified atom stereocenters. The number of urea groups is 1. The van der Waals surface area contributed by atoms with Crippen LogP contribution >= 0.6 is 0 Å². The summed E-state index contributed by atoms with van der Waals surface area (Å²) in [6.07, 6.45) is 3.01. The molecule has 1 aromatic carbocycles. The molecule has 0 saturated heterocycles. The number of para-hydroxylation sites is 1. The summed E-state index contributed by atoms with van der Waals surface area (Å²) in [4.78, 5) is 11.4. The van der Waals surface area contributed by atoms with Gasteiger partial charge >= 0.3 is 6.03 Å². The summed E-state index contributed by atoms with van der Waals surface area (Å²) in [5, 5.41) is 6.87. The zero-order valence-corrected chi connectivity index (χ0v) is 10.6. The molecule has 0 atom stereocenters. The van der Waals surface area contributed by atoms with E-state index >= 15 is 0 Å². The second-order valence-corrected chi connectivity index (χ2v) is 4.25.